The summed E-state index contributed by atoms with van der Waals surface area (Å²) in [5, 5.41) is 2.87. The predicted octanol–water partition coefficient (Wildman–Crippen LogP) is 0.225. The van der Waals surface area contributed by atoms with Crippen LogP contribution in [0.5, 0.6) is 0 Å². The molecular weight excluding hydrogens is 240 g/mol. The van der Waals surface area contributed by atoms with Crippen molar-refractivity contribution in [1.29, 1.82) is 0 Å². The lowest BCUT2D eigenvalue weighted by molar-refractivity contribution is 0.0172. The van der Waals surface area contributed by atoms with Gasteiger partial charge in [0, 0.05) is 19.2 Å². The molecule has 0 saturated carbocycles. The summed E-state index contributed by atoms with van der Waals surface area (Å²) < 4.78 is 32.6. The summed E-state index contributed by atoms with van der Waals surface area (Å²) in [4.78, 5) is 0. The van der Waals surface area contributed by atoms with Gasteiger partial charge in [-0.15, -0.1) is 0 Å². The molecule has 0 spiro atoms. The molecule has 5 nitrogen and oxygen atoms in total. The zero-order chi connectivity index (χ0) is 12.3. The molecular formula is C11H22N2O3S. The normalized spacial score (nSPS) is 35.7. The SMILES string of the molecule is CC1CC(NS(=O)(=O)C2CCCNC2)CCO1. The molecule has 2 rings (SSSR count). The van der Waals surface area contributed by atoms with Crippen LogP contribution in [-0.4, -0.2) is 45.5 Å². The third kappa shape index (κ3) is 3.64. The fourth-order valence-electron chi connectivity index (χ4n) is 2.52. The van der Waals surface area contributed by atoms with E-state index in [9.17, 15) is 8.42 Å². The van der Waals surface area contributed by atoms with Gasteiger partial charge >= 0.3 is 0 Å². The third-order valence-corrected chi connectivity index (χ3v) is 5.45. The van der Waals surface area contributed by atoms with Gasteiger partial charge in [-0.25, -0.2) is 13.1 Å². The molecule has 2 fully saturated rings. The number of nitrogens with one attached hydrogen (secondary N) is 2. The van der Waals surface area contributed by atoms with Crippen LogP contribution >= 0.6 is 0 Å². The van der Waals surface area contributed by atoms with Crippen LogP contribution in [0.2, 0.25) is 0 Å². The molecule has 2 heterocycles. The lowest BCUT2D eigenvalue weighted by Gasteiger charge is -2.30. The molecule has 17 heavy (non-hydrogen) atoms. The molecule has 3 unspecified atom stereocenters. The van der Waals surface area contributed by atoms with Crippen LogP contribution in [0.1, 0.15) is 32.6 Å². The van der Waals surface area contributed by atoms with E-state index in [1.807, 2.05) is 6.92 Å². The Morgan fingerprint density at radius 1 is 1.35 bits per heavy atom. The van der Waals surface area contributed by atoms with E-state index in [2.05, 4.69) is 10.0 Å². The van der Waals surface area contributed by atoms with Crippen LogP contribution in [0.25, 0.3) is 0 Å². The first kappa shape index (κ1) is 13.3. The molecule has 2 aliphatic rings. The number of sulfonamides is 1. The van der Waals surface area contributed by atoms with Crippen molar-refractivity contribution in [3.8, 4) is 0 Å². The van der Waals surface area contributed by atoms with Crippen molar-refractivity contribution >= 4 is 10.0 Å². The second-order valence-electron chi connectivity index (χ2n) is 5.03. The molecule has 6 heteroatoms. The van der Waals surface area contributed by atoms with Gasteiger partial charge < -0.3 is 10.1 Å². The van der Waals surface area contributed by atoms with Gasteiger partial charge in [0.1, 0.15) is 0 Å². The largest absolute Gasteiger partial charge is 0.378 e. The zero-order valence-electron chi connectivity index (χ0n) is 10.3. The average Bonchev–Trinajstić information content (AvgIpc) is 2.29. The molecule has 0 aliphatic carbocycles. The van der Waals surface area contributed by atoms with E-state index in [0.717, 1.165) is 32.2 Å². The summed E-state index contributed by atoms with van der Waals surface area (Å²) in [6.45, 7) is 4.15. The molecule has 2 N–H and O–H groups in total. The third-order valence-electron chi connectivity index (χ3n) is 3.51. The van der Waals surface area contributed by atoms with Crippen molar-refractivity contribution in [3.05, 3.63) is 0 Å². The minimum Gasteiger partial charge on any atom is -0.378 e. The minimum absolute atomic E-state index is 0.0469. The van der Waals surface area contributed by atoms with Crippen molar-refractivity contribution < 1.29 is 13.2 Å². The lowest BCUT2D eigenvalue weighted by Crippen LogP contribution is -2.49. The molecule has 2 aliphatic heterocycles. The van der Waals surface area contributed by atoms with Crippen molar-refractivity contribution in [2.24, 2.45) is 0 Å². The van der Waals surface area contributed by atoms with Crippen molar-refractivity contribution in [2.45, 2.75) is 50.0 Å². The van der Waals surface area contributed by atoms with E-state index >= 15 is 0 Å². The number of piperidine rings is 1. The molecule has 3 atom stereocenters. The Labute approximate surface area is 103 Å². The zero-order valence-corrected chi connectivity index (χ0v) is 11.1. The van der Waals surface area contributed by atoms with E-state index in [1.54, 1.807) is 0 Å². The van der Waals surface area contributed by atoms with Gasteiger partial charge in [-0.1, -0.05) is 0 Å². The van der Waals surface area contributed by atoms with Gasteiger partial charge in [0.25, 0.3) is 0 Å². The Morgan fingerprint density at radius 2 is 2.18 bits per heavy atom. The van der Waals surface area contributed by atoms with E-state index in [4.69, 9.17) is 4.74 Å². The fraction of sp³-hybridized carbons (Fsp3) is 1.00. The van der Waals surface area contributed by atoms with Gasteiger partial charge in [-0.2, -0.15) is 0 Å². The number of hydrogen-bond donors (Lipinski definition) is 2. The average molecular weight is 262 g/mol. The highest BCUT2D eigenvalue weighted by Gasteiger charge is 2.31. The Bertz CT molecular complexity index is 339. The summed E-state index contributed by atoms with van der Waals surface area (Å²) in [5.74, 6) is 0. The van der Waals surface area contributed by atoms with Crippen LogP contribution < -0.4 is 10.0 Å². The molecule has 0 bridgehead atoms. The maximum atomic E-state index is 12.2. The molecule has 100 valence electrons. The Morgan fingerprint density at radius 3 is 2.82 bits per heavy atom. The quantitative estimate of drug-likeness (QED) is 0.764. The van der Waals surface area contributed by atoms with Crippen molar-refractivity contribution in [3.63, 3.8) is 0 Å². The second kappa shape index (κ2) is 5.65. The number of ether oxygens (including phenoxy) is 1. The lowest BCUT2D eigenvalue weighted by atomic mass is 10.1. The predicted molar refractivity (Wildman–Crippen MR) is 66.4 cm³/mol. The highest BCUT2D eigenvalue weighted by molar-refractivity contribution is 7.90. The Kier molecular flexibility index (Phi) is 4.41. The van der Waals surface area contributed by atoms with Gasteiger partial charge in [0.2, 0.25) is 10.0 Å². The monoisotopic (exact) mass is 262 g/mol. The second-order valence-corrected chi connectivity index (χ2v) is 7.03. The van der Waals surface area contributed by atoms with Crippen LogP contribution in [-0.2, 0) is 14.8 Å². The van der Waals surface area contributed by atoms with Crippen LogP contribution in [0.4, 0.5) is 0 Å². The summed E-state index contributed by atoms with van der Waals surface area (Å²) in [7, 11) is -3.17. The first-order valence-corrected chi connectivity index (χ1v) is 7.96. The highest BCUT2D eigenvalue weighted by Crippen LogP contribution is 2.17. The summed E-state index contributed by atoms with van der Waals surface area (Å²) in [6.07, 6.45) is 3.42. The molecule has 0 amide bonds. The molecule has 2 saturated heterocycles. The molecule has 0 aromatic rings. The summed E-state index contributed by atoms with van der Waals surface area (Å²) >= 11 is 0. The molecule has 0 radical (unpaired) electrons. The van der Waals surface area contributed by atoms with Crippen LogP contribution in [0.3, 0.4) is 0 Å². The van der Waals surface area contributed by atoms with Gasteiger partial charge in [-0.3, -0.25) is 0 Å². The number of rotatable bonds is 3. The van der Waals surface area contributed by atoms with E-state index < -0.39 is 10.0 Å². The van der Waals surface area contributed by atoms with Crippen molar-refractivity contribution in [2.75, 3.05) is 19.7 Å². The molecule has 0 aromatic carbocycles. The first-order valence-electron chi connectivity index (χ1n) is 6.41. The molecule has 0 aromatic heterocycles. The standard InChI is InChI=1S/C11H22N2O3S/c1-9-7-10(4-6-16-9)13-17(14,15)11-3-2-5-12-8-11/h9-13H,2-8H2,1H3. The summed E-state index contributed by atoms with van der Waals surface area (Å²) in [6, 6.07) is 0.0469. The summed E-state index contributed by atoms with van der Waals surface area (Å²) in [5.41, 5.74) is 0. The van der Waals surface area contributed by atoms with Gasteiger partial charge in [-0.05, 0) is 39.2 Å². The van der Waals surface area contributed by atoms with Crippen LogP contribution in [0, 0.1) is 0 Å². The Hall–Kier alpha value is -0.170. The van der Waals surface area contributed by atoms with Gasteiger partial charge in [0.15, 0.2) is 0 Å². The smallest absolute Gasteiger partial charge is 0.215 e. The Balaban J connectivity index is 1.91. The first-order chi connectivity index (χ1) is 8.08. The van der Waals surface area contributed by atoms with Crippen molar-refractivity contribution in [1.82, 2.24) is 10.0 Å². The highest BCUT2D eigenvalue weighted by atomic mass is 32.2. The van der Waals surface area contributed by atoms with E-state index in [0.29, 0.717) is 13.2 Å². The van der Waals surface area contributed by atoms with E-state index in [-0.39, 0.29) is 17.4 Å². The fourth-order valence-corrected chi connectivity index (χ4v) is 4.20. The van der Waals surface area contributed by atoms with Crippen LogP contribution in [0.15, 0.2) is 0 Å². The maximum Gasteiger partial charge on any atom is 0.215 e. The maximum absolute atomic E-state index is 12.2. The topological polar surface area (TPSA) is 67.4 Å². The number of hydrogen-bond acceptors (Lipinski definition) is 4. The minimum atomic E-state index is -3.17. The van der Waals surface area contributed by atoms with Gasteiger partial charge in [0.05, 0.1) is 11.4 Å². The van der Waals surface area contributed by atoms with E-state index in [1.165, 1.54) is 0 Å².